The molecule has 0 aromatic heterocycles. The molecule has 0 bridgehead atoms. The molecule has 3 N–H and O–H groups in total. The average molecular weight is 364 g/mol. The predicted molar refractivity (Wildman–Crippen MR) is 115 cm³/mol. The Balaban J connectivity index is 2.48. The Hall–Kier alpha value is -1.36. The van der Waals surface area contributed by atoms with Crippen LogP contribution >= 0.6 is 0 Å². The molecule has 0 aromatic rings. The highest BCUT2D eigenvalue weighted by Gasteiger charge is 2.19. The number of hydrogen-bond acceptors (Lipinski definition) is 4. The summed E-state index contributed by atoms with van der Waals surface area (Å²) in [6.07, 6.45) is 10.00. The van der Waals surface area contributed by atoms with Gasteiger partial charge in [-0.05, 0) is 51.5 Å². The maximum absolute atomic E-state index is 4.74. The third-order valence-corrected chi connectivity index (χ3v) is 5.21. The van der Waals surface area contributed by atoms with Gasteiger partial charge in [0.15, 0.2) is 0 Å². The van der Waals surface area contributed by atoms with E-state index in [0.717, 1.165) is 61.8 Å². The van der Waals surface area contributed by atoms with Crippen LogP contribution < -0.4 is 16.0 Å². The van der Waals surface area contributed by atoms with Gasteiger partial charge in [0.25, 0.3) is 0 Å². The molecule has 1 aliphatic carbocycles. The highest BCUT2D eigenvalue weighted by atomic mass is 15.1. The van der Waals surface area contributed by atoms with Crippen molar-refractivity contribution < 1.29 is 0 Å². The van der Waals surface area contributed by atoms with Gasteiger partial charge in [0.2, 0.25) is 0 Å². The molecule has 0 spiro atoms. The number of aliphatic imine (C=N–C) groups is 2. The molecule has 26 heavy (non-hydrogen) atoms. The van der Waals surface area contributed by atoms with Crippen LogP contribution in [0.15, 0.2) is 21.9 Å². The predicted octanol–water partition coefficient (Wildman–Crippen LogP) is 3.73. The lowest BCUT2D eigenvalue weighted by Gasteiger charge is -2.28. The number of nitrogens with one attached hydrogen (secondary N) is 3. The average Bonchev–Trinajstić information content (AvgIpc) is 2.66. The fraction of sp³-hybridized carbons (Fsp3) is 0.810. The summed E-state index contributed by atoms with van der Waals surface area (Å²) in [5.41, 5.74) is 0.975. The van der Waals surface area contributed by atoms with Crippen molar-refractivity contribution in [3.63, 3.8) is 0 Å². The Labute approximate surface area is 161 Å². The Morgan fingerprint density at radius 3 is 2.27 bits per heavy atom. The minimum absolute atomic E-state index is 0.792. The Kier molecular flexibility index (Phi) is 12.0. The Morgan fingerprint density at radius 1 is 0.962 bits per heavy atom. The first-order valence-corrected chi connectivity index (χ1v) is 10.5. The first-order valence-electron chi connectivity index (χ1n) is 10.5. The monoisotopic (exact) mass is 363 g/mol. The first kappa shape index (κ1) is 22.7. The fourth-order valence-electron chi connectivity index (χ4n) is 3.32. The third-order valence-electron chi connectivity index (χ3n) is 5.21. The molecule has 0 aromatic carbocycles. The SMILES string of the molecule is CCCNCCNC(=C/C(C)=N\C)/N=C(\C)NCC1CCC(CC)CC1. The quantitative estimate of drug-likeness (QED) is 0.298. The van der Waals surface area contributed by atoms with Crippen molar-refractivity contribution in [2.45, 2.75) is 66.2 Å². The van der Waals surface area contributed by atoms with E-state index in [9.17, 15) is 0 Å². The Bertz CT molecular complexity index is 459. The van der Waals surface area contributed by atoms with Gasteiger partial charge in [0, 0.05) is 38.5 Å². The van der Waals surface area contributed by atoms with E-state index in [4.69, 9.17) is 4.99 Å². The fourth-order valence-corrected chi connectivity index (χ4v) is 3.32. The van der Waals surface area contributed by atoms with Crippen LogP contribution in [-0.2, 0) is 0 Å². The zero-order valence-corrected chi connectivity index (χ0v) is 17.7. The lowest BCUT2D eigenvalue weighted by atomic mass is 9.81. The molecular formula is C21H41N5. The van der Waals surface area contributed by atoms with Gasteiger partial charge in [-0.1, -0.05) is 33.1 Å². The molecule has 5 nitrogen and oxygen atoms in total. The van der Waals surface area contributed by atoms with E-state index >= 15 is 0 Å². The van der Waals surface area contributed by atoms with Crippen molar-refractivity contribution in [2.75, 3.05) is 33.2 Å². The van der Waals surface area contributed by atoms with Crippen molar-refractivity contribution in [1.29, 1.82) is 0 Å². The largest absolute Gasteiger partial charge is 0.373 e. The number of allylic oxidation sites excluding steroid dienone is 1. The van der Waals surface area contributed by atoms with Crippen LogP contribution in [0, 0.1) is 11.8 Å². The summed E-state index contributed by atoms with van der Waals surface area (Å²) in [7, 11) is 1.81. The molecule has 0 aliphatic heterocycles. The molecule has 0 amide bonds. The molecular weight excluding hydrogens is 322 g/mol. The van der Waals surface area contributed by atoms with Crippen LogP contribution in [0.4, 0.5) is 0 Å². The van der Waals surface area contributed by atoms with Crippen LogP contribution in [0.25, 0.3) is 0 Å². The summed E-state index contributed by atoms with van der Waals surface area (Å²) in [4.78, 5) is 8.97. The van der Waals surface area contributed by atoms with Crippen LogP contribution in [0.3, 0.4) is 0 Å². The molecule has 1 aliphatic rings. The van der Waals surface area contributed by atoms with E-state index in [2.05, 4.69) is 41.7 Å². The summed E-state index contributed by atoms with van der Waals surface area (Å²) in [5.74, 6) is 3.61. The molecule has 150 valence electrons. The molecule has 1 rings (SSSR count). The van der Waals surface area contributed by atoms with E-state index in [-0.39, 0.29) is 0 Å². The number of hydrogen-bond donors (Lipinski definition) is 3. The van der Waals surface area contributed by atoms with Gasteiger partial charge in [0.1, 0.15) is 11.7 Å². The second-order valence-electron chi connectivity index (χ2n) is 7.44. The van der Waals surface area contributed by atoms with Crippen LogP contribution in [0.2, 0.25) is 0 Å². The third kappa shape index (κ3) is 9.95. The van der Waals surface area contributed by atoms with Gasteiger partial charge in [-0.3, -0.25) is 4.99 Å². The maximum atomic E-state index is 4.74. The van der Waals surface area contributed by atoms with Crippen LogP contribution in [0.5, 0.6) is 0 Å². The van der Waals surface area contributed by atoms with Gasteiger partial charge in [-0.25, -0.2) is 4.99 Å². The van der Waals surface area contributed by atoms with Crippen molar-refractivity contribution in [3.05, 3.63) is 11.9 Å². The van der Waals surface area contributed by atoms with Gasteiger partial charge < -0.3 is 16.0 Å². The minimum atomic E-state index is 0.792. The normalized spacial score (nSPS) is 22.4. The second-order valence-corrected chi connectivity index (χ2v) is 7.44. The molecule has 1 fully saturated rings. The highest BCUT2D eigenvalue weighted by Crippen LogP contribution is 2.30. The van der Waals surface area contributed by atoms with E-state index < -0.39 is 0 Å². The second kappa shape index (κ2) is 13.8. The van der Waals surface area contributed by atoms with E-state index in [1.165, 1.54) is 32.1 Å². The van der Waals surface area contributed by atoms with Gasteiger partial charge in [0.05, 0.1) is 0 Å². The molecule has 0 radical (unpaired) electrons. The van der Waals surface area contributed by atoms with Gasteiger partial charge in [-0.15, -0.1) is 0 Å². The summed E-state index contributed by atoms with van der Waals surface area (Å²) in [5, 5.41) is 10.4. The van der Waals surface area contributed by atoms with E-state index in [1.807, 2.05) is 20.0 Å². The van der Waals surface area contributed by atoms with Gasteiger partial charge >= 0.3 is 0 Å². The topological polar surface area (TPSA) is 60.8 Å². The summed E-state index contributed by atoms with van der Waals surface area (Å²) in [6, 6.07) is 0. The molecule has 5 heteroatoms. The molecule has 0 saturated heterocycles. The number of amidine groups is 1. The lowest BCUT2D eigenvalue weighted by molar-refractivity contribution is 0.269. The standard InChI is InChI=1S/C21H41N5/c1-6-12-23-13-14-24-21(15-17(3)22-5)26-18(4)25-16-20-10-8-19(7-2)9-11-20/h15,19-20,23-24H,6-14,16H2,1-5H3,(H,25,26)/b21-15-,22-17-. The molecule has 0 unspecified atom stereocenters. The van der Waals surface area contributed by atoms with Gasteiger partial charge in [-0.2, -0.15) is 0 Å². The number of rotatable bonds is 11. The van der Waals surface area contributed by atoms with Crippen molar-refractivity contribution in [3.8, 4) is 0 Å². The number of nitrogens with zero attached hydrogens (tertiary/aromatic N) is 2. The smallest absolute Gasteiger partial charge is 0.129 e. The van der Waals surface area contributed by atoms with E-state index in [1.54, 1.807) is 0 Å². The molecule has 1 saturated carbocycles. The van der Waals surface area contributed by atoms with E-state index in [0.29, 0.717) is 0 Å². The van der Waals surface area contributed by atoms with Crippen molar-refractivity contribution >= 4 is 11.5 Å². The summed E-state index contributed by atoms with van der Waals surface area (Å²) < 4.78 is 0. The maximum Gasteiger partial charge on any atom is 0.129 e. The summed E-state index contributed by atoms with van der Waals surface area (Å²) in [6.45, 7) is 12.5. The molecule has 0 heterocycles. The first-order chi connectivity index (χ1) is 12.6. The van der Waals surface area contributed by atoms with Crippen LogP contribution in [0.1, 0.15) is 66.2 Å². The lowest BCUT2D eigenvalue weighted by Crippen LogP contribution is -2.31. The van der Waals surface area contributed by atoms with Crippen LogP contribution in [-0.4, -0.2) is 44.8 Å². The van der Waals surface area contributed by atoms with Crippen molar-refractivity contribution in [2.24, 2.45) is 21.8 Å². The minimum Gasteiger partial charge on any atom is -0.373 e. The Morgan fingerprint density at radius 2 is 1.65 bits per heavy atom. The zero-order chi connectivity index (χ0) is 19.2. The zero-order valence-electron chi connectivity index (χ0n) is 17.7. The van der Waals surface area contributed by atoms with Crippen molar-refractivity contribution in [1.82, 2.24) is 16.0 Å². The molecule has 0 atom stereocenters. The summed E-state index contributed by atoms with van der Waals surface area (Å²) >= 11 is 0. The highest BCUT2D eigenvalue weighted by molar-refractivity contribution is 5.93.